The van der Waals surface area contributed by atoms with Crippen LogP contribution in [0.3, 0.4) is 0 Å². The summed E-state index contributed by atoms with van der Waals surface area (Å²) in [6.07, 6.45) is 3.36. The van der Waals surface area contributed by atoms with E-state index in [-0.39, 0.29) is 16.9 Å². The van der Waals surface area contributed by atoms with Gasteiger partial charge in [0, 0.05) is 12.1 Å². The van der Waals surface area contributed by atoms with Gasteiger partial charge < -0.3 is 5.32 Å². The molecule has 2 rings (SSSR count). The summed E-state index contributed by atoms with van der Waals surface area (Å²) < 4.78 is 0. The minimum atomic E-state index is -0.0933. The van der Waals surface area contributed by atoms with E-state index >= 15 is 0 Å². The smallest absolute Gasteiger partial charge is 0.226 e. The fraction of sp³-hybridized carbons (Fsp3) is 0.929. The van der Waals surface area contributed by atoms with E-state index in [1.54, 1.807) is 0 Å². The van der Waals surface area contributed by atoms with Crippen LogP contribution in [0.1, 0.15) is 47.0 Å². The van der Waals surface area contributed by atoms with Gasteiger partial charge in [0.1, 0.15) is 0 Å². The molecule has 2 aliphatic heterocycles. The van der Waals surface area contributed by atoms with E-state index in [4.69, 9.17) is 0 Å². The van der Waals surface area contributed by atoms with Crippen LogP contribution in [0, 0.1) is 11.3 Å². The maximum atomic E-state index is 11.9. The Kier molecular flexibility index (Phi) is 3.23. The Morgan fingerprint density at radius 1 is 1.29 bits per heavy atom. The molecule has 1 atom stereocenters. The van der Waals surface area contributed by atoms with Gasteiger partial charge in [-0.05, 0) is 59.0 Å². The first kappa shape index (κ1) is 12.9. The summed E-state index contributed by atoms with van der Waals surface area (Å²) in [5.41, 5.74) is 0.174. The number of hydrogen-bond donors (Lipinski definition) is 1. The van der Waals surface area contributed by atoms with E-state index < -0.39 is 0 Å². The second-order valence-corrected chi connectivity index (χ2v) is 6.86. The quantitative estimate of drug-likeness (QED) is 0.758. The van der Waals surface area contributed by atoms with E-state index in [0.717, 1.165) is 26.1 Å². The number of hydrogen-bond acceptors (Lipinski definition) is 2. The van der Waals surface area contributed by atoms with Crippen LogP contribution in [0.5, 0.6) is 0 Å². The second-order valence-electron chi connectivity index (χ2n) is 6.86. The van der Waals surface area contributed by atoms with Crippen LogP contribution in [-0.2, 0) is 4.79 Å². The van der Waals surface area contributed by atoms with Crippen LogP contribution >= 0.6 is 0 Å². The second kappa shape index (κ2) is 4.27. The zero-order valence-electron chi connectivity index (χ0n) is 11.7. The van der Waals surface area contributed by atoms with Crippen molar-refractivity contribution >= 4 is 5.91 Å². The van der Waals surface area contributed by atoms with Crippen LogP contribution in [-0.4, -0.2) is 36.0 Å². The molecule has 2 heterocycles. The third kappa shape index (κ3) is 2.35. The summed E-state index contributed by atoms with van der Waals surface area (Å²) in [6.45, 7) is 12.1. The fourth-order valence-electron chi connectivity index (χ4n) is 3.33. The highest BCUT2D eigenvalue weighted by atomic mass is 16.2. The lowest BCUT2D eigenvalue weighted by atomic mass is 9.71. The number of piperidine rings is 1. The van der Waals surface area contributed by atoms with Gasteiger partial charge in [-0.15, -0.1) is 0 Å². The minimum absolute atomic E-state index is 0.0933. The highest BCUT2D eigenvalue weighted by Crippen LogP contribution is 2.41. The van der Waals surface area contributed by atoms with Crippen molar-refractivity contribution in [3.05, 3.63) is 0 Å². The predicted octanol–water partition coefficient (Wildman–Crippen LogP) is 2.02. The lowest BCUT2D eigenvalue weighted by Gasteiger charge is -2.44. The Labute approximate surface area is 105 Å². The van der Waals surface area contributed by atoms with Gasteiger partial charge in [0.2, 0.25) is 5.91 Å². The normalized spacial score (nSPS) is 32.8. The van der Waals surface area contributed by atoms with Gasteiger partial charge >= 0.3 is 0 Å². The average Bonchev–Trinajstić information content (AvgIpc) is 2.60. The molecule has 2 fully saturated rings. The summed E-state index contributed by atoms with van der Waals surface area (Å²) in [7, 11) is 0. The molecule has 0 aromatic heterocycles. The molecule has 17 heavy (non-hydrogen) atoms. The van der Waals surface area contributed by atoms with Gasteiger partial charge in [0.05, 0.1) is 5.41 Å². The average molecular weight is 238 g/mol. The molecule has 0 radical (unpaired) electrons. The number of amides is 1. The highest BCUT2D eigenvalue weighted by molar-refractivity contribution is 5.84. The van der Waals surface area contributed by atoms with Gasteiger partial charge in [-0.2, -0.15) is 0 Å². The van der Waals surface area contributed by atoms with E-state index in [9.17, 15) is 4.79 Å². The summed E-state index contributed by atoms with van der Waals surface area (Å²) in [5.74, 6) is 0.857. The van der Waals surface area contributed by atoms with Crippen molar-refractivity contribution in [2.24, 2.45) is 11.3 Å². The van der Waals surface area contributed by atoms with Gasteiger partial charge in [0.25, 0.3) is 0 Å². The van der Waals surface area contributed by atoms with Crippen molar-refractivity contribution in [1.29, 1.82) is 0 Å². The molecule has 0 saturated carbocycles. The molecule has 98 valence electrons. The molecule has 1 unspecified atom stereocenters. The molecule has 0 aromatic carbocycles. The molecule has 0 aromatic rings. The first-order valence-electron chi connectivity index (χ1n) is 6.87. The lowest BCUT2D eigenvalue weighted by Crippen LogP contribution is -2.49. The molecule has 2 saturated heterocycles. The monoisotopic (exact) mass is 238 g/mol. The molecule has 3 heteroatoms. The predicted molar refractivity (Wildman–Crippen MR) is 69.8 cm³/mol. The first-order chi connectivity index (χ1) is 7.84. The molecule has 0 spiro atoms. The highest BCUT2D eigenvalue weighted by Gasteiger charge is 2.45. The Bertz CT molecular complexity index is 300. The Morgan fingerprint density at radius 3 is 2.29 bits per heavy atom. The molecule has 1 N–H and O–H groups in total. The minimum Gasteiger partial charge on any atom is -0.356 e. The van der Waals surface area contributed by atoms with Gasteiger partial charge in [0.15, 0.2) is 0 Å². The number of likely N-dealkylation sites (tertiary alicyclic amines) is 1. The van der Waals surface area contributed by atoms with Crippen LogP contribution in [0.4, 0.5) is 0 Å². The first-order valence-corrected chi connectivity index (χ1v) is 6.87. The number of nitrogens with one attached hydrogen (secondary N) is 1. The molecule has 2 aliphatic rings. The summed E-state index contributed by atoms with van der Waals surface area (Å²) in [4.78, 5) is 14.5. The number of rotatable bonds is 1. The standard InChI is InChI=1S/C14H26N2O/c1-13(2,3)16-9-5-11(6-10-16)14(4)7-8-15-12(14)17/h11H,5-10H2,1-4H3,(H,15,17). The third-order valence-electron chi connectivity index (χ3n) is 4.79. The van der Waals surface area contributed by atoms with Crippen LogP contribution in [0.2, 0.25) is 0 Å². The molecular formula is C14H26N2O. The maximum Gasteiger partial charge on any atom is 0.226 e. The summed E-state index contributed by atoms with van der Waals surface area (Å²) in [5, 5.41) is 3.00. The topological polar surface area (TPSA) is 32.3 Å². The van der Waals surface area contributed by atoms with E-state index in [1.807, 2.05) is 0 Å². The van der Waals surface area contributed by atoms with E-state index in [2.05, 4.69) is 37.9 Å². The molecule has 1 amide bonds. The zero-order chi connectivity index (χ0) is 12.7. The van der Waals surface area contributed by atoms with Crippen molar-refractivity contribution in [3.63, 3.8) is 0 Å². The fourth-order valence-corrected chi connectivity index (χ4v) is 3.33. The van der Waals surface area contributed by atoms with Crippen LogP contribution < -0.4 is 5.32 Å². The van der Waals surface area contributed by atoms with Crippen molar-refractivity contribution < 1.29 is 4.79 Å². The third-order valence-corrected chi connectivity index (χ3v) is 4.79. The van der Waals surface area contributed by atoms with Gasteiger partial charge in [-0.1, -0.05) is 6.92 Å². The van der Waals surface area contributed by atoms with Crippen molar-refractivity contribution in [2.75, 3.05) is 19.6 Å². The van der Waals surface area contributed by atoms with Gasteiger partial charge in [-0.3, -0.25) is 9.69 Å². The lowest BCUT2D eigenvalue weighted by molar-refractivity contribution is -0.130. The van der Waals surface area contributed by atoms with Crippen molar-refractivity contribution in [3.8, 4) is 0 Å². The van der Waals surface area contributed by atoms with Crippen molar-refractivity contribution in [2.45, 2.75) is 52.5 Å². The Morgan fingerprint density at radius 2 is 1.88 bits per heavy atom. The summed E-state index contributed by atoms with van der Waals surface area (Å²) >= 11 is 0. The Hall–Kier alpha value is -0.570. The number of nitrogens with zero attached hydrogens (tertiary/aromatic N) is 1. The summed E-state index contributed by atoms with van der Waals surface area (Å²) in [6, 6.07) is 0. The number of carbonyl (C=O) groups is 1. The van der Waals surface area contributed by atoms with Crippen LogP contribution in [0.25, 0.3) is 0 Å². The largest absolute Gasteiger partial charge is 0.356 e. The molecular weight excluding hydrogens is 212 g/mol. The van der Waals surface area contributed by atoms with Gasteiger partial charge in [-0.25, -0.2) is 0 Å². The van der Waals surface area contributed by atoms with Crippen LogP contribution in [0.15, 0.2) is 0 Å². The Balaban J connectivity index is 1.98. The SMILES string of the molecule is CC1(C2CCN(C(C)(C)C)CC2)CCNC1=O. The maximum absolute atomic E-state index is 11.9. The van der Waals surface area contributed by atoms with Crippen molar-refractivity contribution in [1.82, 2.24) is 10.2 Å². The van der Waals surface area contributed by atoms with E-state index in [1.165, 1.54) is 12.8 Å². The van der Waals surface area contributed by atoms with E-state index in [0.29, 0.717) is 5.92 Å². The zero-order valence-corrected chi connectivity index (χ0v) is 11.7. The molecule has 0 aliphatic carbocycles. The molecule has 0 bridgehead atoms. The molecule has 3 nitrogen and oxygen atoms in total. The number of carbonyl (C=O) groups excluding carboxylic acids is 1.